The van der Waals surface area contributed by atoms with Gasteiger partial charge in [-0.15, -0.1) is 0 Å². The Labute approximate surface area is 102 Å². The Kier molecular flexibility index (Phi) is 5.49. The molecule has 0 aliphatic carbocycles. The van der Waals surface area contributed by atoms with Crippen molar-refractivity contribution in [3.8, 4) is 0 Å². The minimum absolute atomic E-state index is 0.443. The monoisotopic (exact) mass is 236 g/mol. The van der Waals surface area contributed by atoms with E-state index in [2.05, 4.69) is 5.32 Å². The van der Waals surface area contributed by atoms with Crippen molar-refractivity contribution in [1.29, 1.82) is 0 Å². The van der Waals surface area contributed by atoms with E-state index in [0.29, 0.717) is 13.0 Å². The summed E-state index contributed by atoms with van der Waals surface area (Å²) in [5, 5.41) is 12.0. The van der Waals surface area contributed by atoms with Crippen LogP contribution in [0, 0.1) is 0 Å². The van der Waals surface area contributed by atoms with E-state index >= 15 is 0 Å². The van der Waals surface area contributed by atoms with E-state index in [4.69, 9.17) is 10.8 Å². The fourth-order valence-electron chi connectivity index (χ4n) is 1.74. The molecule has 0 aromatic heterocycles. The van der Waals surface area contributed by atoms with Crippen molar-refractivity contribution in [3.05, 3.63) is 29.8 Å². The number of nitrogens with one attached hydrogen (secondary N) is 1. The van der Waals surface area contributed by atoms with Crippen molar-refractivity contribution in [1.82, 2.24) is 5.32 Å². The molecule has 1 atom stereocenters. The molecule has 0 heterocycles. The van der Waals surface area contributed by atoms with Gasteiger partial charge in [-0.25, -0.2) is 0 Å². The summed E-state index contributed by atoms with van der Waals surface area (Å²) in [6.07, 6.45) is 2.31. The van der Waals surface area contributed by atoms with Gasteiger partial charge in [0.05, 0.1) is 0 Å². The van der Waals surface area contributed by atoms with E-state index in [1.807, 2.05) is 31.2 Å². The van der Waals surface area contributed by atoms with Crippen LogP contribution in [0.4, 0.5) is 5.69 Å². The Balaban J connectivity index is 2.38. The van der Waals surface area contributed by atoms with E-state index in [9.17, 15) is 4.79 Å². The molecule has 0 radical (unpaired) electrons. The maximum atomic E-state index is 10.9. The fourth-order valence-corrected chi connectivity index (χ4v) is 1.74. The Morgan fingerprint density at radius 3 is 2.88 bits per heavy atom. The number of hydrogen-bond donors (Lipinski definition) is 3. The summed E-state index contributed by atoms with van der Waals surface area (Å²) in [5.74, 6) is -0.778. The molecule has 1 aromatic rings. The summed E-state index contributed by atoms with van der Waals surface area (Å²) in [6.45, 7) is 2.63. The zero-order valence-corrected chi connectivity index (χ0v) is 10.1. The lowest BCUT2D eigenvalue weighted by Crippen LogP contribution is -2.37. The van der Waals surface area contributed by atoms with E-state index in [0.717, 1.165) is 24.1 Å². The van der Waals surface area contributed by atoms with Gasteiger partial charge in [0.2, 0.25) is 0 Å². The second-order valence-electron chi connectivity index (χ2n) is 4.13. The highest BCUT2D eigenvalue weighted by molar-refractivity contribution is 5.73. The minimum atomic E-state index is -0.778. The first-order valence-electron chi connectivity index (χ1n) is 5.94. The topological polar surface area (TPSA) is 75.3 Å². The SMILES string of the molecule is CCCC(NCCc1cccc(N)c1)C(=O)O. The number of carboxylic acids is 1. The molecule has 17 heavy (non-hydrogen) atoms. The van der Waals surface area contributed by atoms with Crippen LogP contribution in [0.25, 0.3) is 0 Å². The number of carbonyl (C=O) groups is 1. The van der Waals surface area contributed by atoms with E-state index in [1.165, 1.54) is 0 Å². The van der Waals surface area contributed by atoms with Gasteiger partial charge in [-0.05, 0) is 37.1 Å². The third-order valence-corrected chi connectivity index (χ3v) is 2.63. The number of carboxylic acid groups (broad SMARTS) is 1. The molecule has 0 fully saturated rings. The highest BCUT2D eigenvalue weighted by Gasteiger charge is 2.14. The Bertz CT molecular complexity index is 366. The van der Waals surface area contributed by atoms with Crippen LogP contribution in [0.5, 0.6) is 0 Å². The number of anilines is 1. The van der Waals surface area contributed by atoms with Crippen molar-refractivity contribution in [2.24, 2.45) is 0 Å². The van der Waals surface area contributed by atoms with Crippen LogP contribution >= 0.6 is 0 Å². The number of benzene rings is 1. The van der Waals surface area contributed by atoms with Crippen molar-refractivity contribution in [2.45, 2.75) is 32.2 Å². The fraction of sp³-hybridized carbons (Fsp3) is 0.462. The molecule has 94 valence electrons. The number of rotatable bonds is 7. The van der Waals surface area contributed by atoms with Gasteiger partial charge in [-0.1, -0.05) is 25.5 Å². The molecular formula is C13H20N2O2. The number of hydrogen-bond acceptors (Lipinski definition) is 3. The lowest BCUT2D eigenvalue weighted by molar-refractivity contribution is -0.139. The predicted molar refractivity (Wildman–Crippen MR) is 68.9 cm³/mol. The third kappa shape index (κ3) is 4.87. The van der Waals surface area contributed by atoms with Crippen LogP contribution in [0.2, 0.25) is 0 Å². The van der Waals surface area contributed by atoms with Gasteiger partial charge >= 0.3 is 5.97 Å². The van der Waals surface area contributed by atoms with Gasteiger partial charge in [0, 0.05) is 5.69 Å². The summed E-state index contributed by atoms with van der Waals surface area (Å²) >= 11 is 0. The molecule has 1 unspecified atom stereocenters. The van der Waals surface area contributed by atoms with E-state index in [1.54, 1.807) is 0 Å². The summed E-state index contributed by atoms with van der Waals surface area (Å²) in [7, 11) is 0. The standard InChI is InChI=1S/C13H20N2O2/c1-2-4-12(13(16)17)15-8-7-10-5-3-6-11(14)9-10/h3,5-6,9,12,15H,2,4,7-8,14H2,1H3,(H,16,17). The Morgan fingerprint density at radius 2 is 2.29 bits per heavy atom. The quantitative estimate of drug-likeness (QED) is 0.629. The van der Waals surface area contributed by atoms with Crippen LogP contribution in [0.3, 0.4) is 0 Å². The summed E-state index contributed by atoms with van der Waals surface area (Å²) in [6, 6.07) is 7.21. The molecule has 4 N–H and O–H groups in total. The zero-order chi connectivity index (χ0) is 12.7. The average Bonchev–Trinajstić information content (AvgIpc) is 2.28. The predicted octanol–water partition coefficient (Wildman–Crippen LogP) is 1.65. The minimum Gasteiger partial charge on any atom is -0.480 e. The van der Waals surface area contributed by atoms with Gasteiger partial charge < -0.3 is 16.2 Å². The lowest BCUT2D eigenvalue weighted by atomic mass is 10.1. The molecular weight excluding hydrogens is 216 g/mol. The largest absolute Gasteiger partial charge is 0.480 e. The lowest BCUT2D eigenvalue weighted by Gasteiger charge is -2.13. The first-order chi connectivity index (χ1) is 8.13. The van der Waals surface area contributed by atoms with E-state index in [-0.39, 0.29) is 0 Å². The normalized spacial score (nSPS) is 12.3. The summed E-state index contributed by atoms with van der Waals surface area (Å²) < 4.78 is 0. The molecule has 1 rings (SSSR count). The summed E-state index contributed by atoms with van der Waals surface area (Å²) in [5.41, 5.74) is 7.54. The van der Waals surface area contributed by atoms with Gasteiger partial charge in [-0.2, -0.15) is 0 Å². The Hall–Kier alpha value is -1.55. The van der Waals surface area contributed by atoms with Crippen LogP contribution < -0.4 is 11.1 Å². The van der Waals surface area contributed by atoms with Gasteiger partial charge in [-0.3, -0.25) is 4.79 Å². The van der Waals surface area contributed by atoms with E-state index < -0.39 is 12.0 Å². The van der Waals surface area contributed by atoms with Crippen LogP contribution in [-0.2, 0) is 11.2 Å². The molecule has 4 heteroatoms. The summed E-state index contributed by atoms with van der Waals surface area (Å²) in [4.78, 5) is 10.9. The molecule has 0 bridgehead atoms. The number of nitrogen functional groups attached to an aromatic ring is 1. The highest BCUT2D eigenvalue weighted by atomic mass is 16.4. The molecule has 0 spiro atoms. The second-order valence-corrected chi connectivity index (χ2v) is 4.13. The van der Waals surface area contributed by atoms with Crippen LogP contribution in [0.15, 0.2) is 24.3 Å². The van der Waals surface area contributed by atoms with Crippen LogP contribution in [-0.4, -0.2) is 23.7 Å². The maximum Gasteiger partial charge on any atom is 0.320 e. The average molecular weight is 236 g/mol. The van der Waals surface area contributed by atoms with Crippen molar-refractivity contribution >= 4 is 11.7 Å². The molecule has 0 amide bonds. The molecule has 0 aliphatic heterocycles. The molecule has 1 aromatic carbocycles. The van der Waals surface area contributed by atoms with Crippen molar-refractivity contribution in [3.63, 3.8) is 0 Å². The second kappa shape index (κ2) is 6.91. The number of nitrogens with two attached hydrogens (primary N) is 1. The van der Waals surface area contributed by atoms with Crippen molar-refractivity contribution < 1.29 is 9.90 Å². The van der Waals surface area contributed by atoms with Crippen LogP contribution in [0.1, 0.15) is 25.3 Å². The first-order valence-corrected chi connectivity index (χ1v) is 5.94. The van der Waals surface area contributed by atoms with Crippen molar-refractivity contribution in [2.75, 3.05) is 12.3 Å². The molecule has 0 saturated heterocycles. The van der Waals surface area contributed by atoms with Gasteiger partial charge in [0.1, 0.15) is 6.04 Å². The first kappa shape index (κ1) is 13.5. The molecule has 4 nitrogen and oxygen atoms in total. The van der Waals surface area contributed by atoms with Gasteiger partial charge in [0.25, 0.3) is 0 Å². The maximum absolute atomic E-state index is 10.9. The molecule has 0 aliphatic rings. The number of aliphatic carboxylic acids is 1. The third-order valence-electron chi connectivity index (χ3n) is 2.63. The Morgan fingerprint density at radius 1 is 1.53 bits per heavy atom. The molecule has 0 saturated carbocycles. The highest BCUT2D eigenvalue weighted by Crippen LogP contribution is 2.07. The zero-order valence-electron chi connectivity index (χ0n) is 10.1. The smallest absolute Gasteiger partial charge is 0.320 e. The van der Waals surface area contributed by atoms with Gasteiger partial charge in [0.15, 0.2) is 0 Å².